The summed E-state index contributed by atoms with van der Waals surface area (Å²) < 4.78 is 6.59. The molecular formula is C54H37N3O. The number of hydrogen-bond acceptors (Lipinski definition) is 4. The van der Waals surface area contributed by atoms with Gasteiger partial charge in [-0.1, -0.05) is 159 Å². The van der Waals surface area contributed by atoms with E-state index in [4.69, 9.17) is 19.4 Å². The summed E-state index contributed by atoms with van der Waals surface area (Å²) in [4.78, 5) is 15.9. The molecule has 0 saturated carbocycles. The molecule has 0 spiro atoms. The van der Waals surface area contributed by atoms with E-state index in [1.54, 1.807) is 0 Å². The first kappa shape index (κ1) is 33.9. The highest BCUT2D eigenvalue weighted by Crippen LogP contribution is 2.41. The molecule has 11 rings (SSSR count). The molecule has 8 aromatic carbocycles. The van der Waals surface area contributed by atoms with Crippen molar-refractivity contribution >= 4 is 49.1 Å². The van der Waals surface area contributed by atoms with Gasteiger partial charge in [0.1, 0.15) is 11.2 Å². The smallest absolute Gasteiger partial charge is 0.164 e. The predicted octanol–water partition coefficient (Wildman–Crippen LogP) is 14.4. The average Bonchev–Trinajstić information content (AvgIpc) is 3.67. The van der Waals surface area contributed by atoms with Crippen LogP contribution < -0.4 is 0 Å². The Labute approximate surface area is 336 Å². The number of nitrogens with zero attached hydrogens (tertiary/aromatic N) is 3. The Kier molecular flexibility index (Phi) is 8.14. The van der Waals surface area contributed by atoms with Crippen LogP contribution in [0, 0.1) is 5.92 Å². The maximum atomic E-state index is 6.59. The summed E-state index contributed by atoms with van der Waals surface area (Å²) in [5.74, 6) is 2.33. The number of furan rings is 1. The Hall–Kier alpha value is -7.43. The van der Waals surface area contributed by atoms with Crippen LogP contribution in [0.5, 0.6) is 0 Å². The number of allylic oxidation sites excluding steroid dienone is 4. The Morgan fingerprint density at radius 1 is 0.448 bits per heavy atom. The van der Waals surface area contributed by atoms with Crippen molar-refractivity contribution in [3.63, 3.8) is 0 Å². The van der Waals surface area contributed by atoms with E-state index in [2.05, 4.69) is 183 Å². The van der Waals surface area contributed by atoms with Crippen molar-refractivity contribution < 1.29 is 4.42 Å². The molecule has 1 aliphatic rings. The van der Waals surface area contributed by atoms with Gasteiger partial charge < -0.3 is 4.42 Å². The molecule has 1 atom stereocenters. The summed E-state index contributed by atoms with van der Waals surface area (Å²) in [6, 6.07) is 60.1. The van der Waals surface area contributed by atoms with Crippen LogP contribution >= 0.6 is 0 Å². The first-order valence-corrected chi connectivity index (χ1v) is 19.9. The molecular weight excluding hydrogens is 707 g/mol. The normalized spacial score (nSPS) is 14.1. The fraction of sp³-hybridized carbons (Fsp3) is 0.0556. The zero-order valence-electron chi connectivity index (χ0n) is 31.9. The zero-order chi connectivity index (χ0) is 38.6. The molecule has 2 heterocycles. The van der Waals surface area contributed by atoms with Crippen molar-refractivity contribution in [1.29, 1.82) is 0 Å². The quantitative estimate of drug-likeness (QED) is 0.170. The monoisotopic (exact) mass is 743 g/mol. The number of fused-ring (bicyclic) bond motifs is 5. The summed E-state index contributed by atoms with van der Waals surface area (Å²) in [6.07, 6.45) is 7.58. The number of para-hydroxylation sites is 1. The molecule has 0 aliphatic heterocycles. The second-order valence-electron chi connectivity index (χ2n) is 15.3. The first-order valence-electron chi connectivity index (χ1n) is 19.9. The highest BCUT2D eigenvalue weighted by Gasteiger charge is 2.21. The minimum absolute atomic E-state index is 0.454. The topological polar surface area (TPSA) is 51.8 Å². The van der Waals surface area contributed by atoms with E-state index < -0.39 is 0 Å². The van der Waals surface area contributed by atoms with Gasteiger partial charge in [-0.25, -0.2) is 15.0 Å². The Bertz CT molecular complexity index is 3280. The fourth-order valence-electron chi connectivity index (χ4n) is 8.36. The standard InChI is InChI=1S/C54H37N3O/c1-34-19-21-38(22-20-34)52-55-53(43-27-28-45(37-13-3-2-4-14-37)47(31-43)42-26-24-36-12-6-8-16-40(36)30-42)57-54(56-52)48-32-44(41-25-23-35-11-5-7-15-39(35)29-41)33-50-51(48)46-17-9-10-18-49(46)58-50/h2-19,21-34H,20H2,1H3. The van der Waals surface area contributed by atoms with Gasteiger partial charge in [0, 0.05) is 27.5 Å². The molecule has 4 heteroatoms. The van der Waals surface area contributed by atoms with Gasteiger partial charge >= 0.3 is 0 Å². The Balaban J connectivity index is 1.15. The zero-order valence-corrected chi connectivity index (χ0v) is 31.9. The van der Waals surface area contributed by atoms with Crippen LogP contribution in [0.4, 0.5) is 0 Å². The maximum absolute atomic E-state index is 6.59. The molecule has 2 aromatic heterocycles. The lowest BCUT2D eigenvalue weighted by Gasteiger charge is -2.16. The van der Waals surface area contributed by atoms with Crippen LogP contribution in [0.15, 0.2) is 193 Å². The van der Waals surface area contributed by atoms with Gasteiger partial charge in [-0.2, -0.15) is 0 Å². The molecule has 1 unspecified atom stereocenters. The molecule has 4 nitrogen and oxygen atoms in total. The van der Waals surface area contributed by atoms with Crippen molar-refractivity contribution in [2.75, 3.05) is 0 Å². The average molecular weight is 744 g/mol. The van der Waals surface area contributed by atoms with Crippen LogP contribution in [0.3, 0.4) is 0 Å². The Morgan fingerprint density at radius 2 is 1.09 bits per heavy atom. The SMILES string of the molecule is CC1C=CC(c2nc(-c3ccc(-c4ccccc4)c(-c4ccc5ccccc5c4)c3)nc(-c3cc(-c4ccc5ccccc5c4)cc4oc5ccccc5c34)n2)=CC1. The summed E-state index contributed by atoms with van der Waals surface area (Å²) in [6.45, 7) is 2.23. The van der Waals surface area contributed by atoms with Crippen molar-refractivity contribution in [2.45, 2.75) is 13.3 Å². The second kappa shape index (κ2) is 13.9. The highest BCUT2D eigenvalue weighted by molar-refractivity contribution is 6.13. The summed E-state index contributed by atoms with van der Waals surface area (Å²) in [5, 5.41) is 6.80. The van der Waals surface area contributed by atoms with E-state index in [1.165, 1.54) is 21.5 Å². The van der Waals surface area contributed by atoms with Gasteiger partial charge in [-0.15, -0.1) is 0 Å². The van der Waals surface area contributed by atoms with Gasteiger partial charge in [0.25, 0.3) is 0 Å². The largest absolute Gasteiger partial charge is 0.456 e. The van der Waals surface area contributed by atoms with Crippen LogP contribution in [0.2, 0.25) is 0 Å². The molecule has 274 valence electrons. The summed E-state index contributed by atoms with van der Waals surface area (Å²) in [5.41, 5.74) is 11.1. The maximum Gasteiger partial charge on any atom is 0.164 e. The van der Waals surface area contributed by atoms with Crippen LogP contribution in [0.25, 0.3) is 105 Å². The van der Waals surface area contributed by atoms with Crippen molar-refractivity contribution in [3.8, 4) is 56.2 Å². The van der Waals surface area contributed by atoms with Gasteiger partial charge in [0.15, 0.2) is 17.5 Å². The lowest BCUT2D eigenvalue weighted by Crippen LogP contribution is -2.05. The van der Waals surface area contributed by atoms with Crippen molar-refractivity contribution in [3.05, 3.63) is 194 Å². The van der Waals surface area contributed by atoms with Crippen molar-refractivity contribution in [1.82, 2.24) is 15.0 Å². The summed E-state index contributed by atoms with van der Waals surface area (Å²) >= 11 is 0. The van der Waals surface area contributed by atoms with E-state index in [9.17, 15) is 0 Å². The molecule has 0 N–H and O–H groups in total. The molecule has 0 amide bonds. The van der Waals surface area contributed by atoms with Gasteiger partial charge in [-0.05, 0) is 104 Å². The summed E-state index contributed by atoms with van der Waals surface area (Å²) in [7, 11) is 0. The third-order valence-corrected chi connectivity index (χ3v) is 11.4. The number of hydrogen-bond donors (Lipinski definition) is 0. The molecule has 0 fully saturated rings. The molecule has 0 saturated heterocycles. The van der Waals surface area contributed by atoms with Crippen LogP contribution in [-0.2, 0) is 0 Å². The lowest BCUT2D eigenvalue weighted by molar-refractivity contribution is 0.669. The van der Waals surface area contributed by atoms with E-state index in [0.717, 1.165) is 78.4 Å². The predicted molar refractivity (Wildman–Crippen MR) is 240 cm³/mol. The van der Waals surface area contributed by atoms with Crippen molar-refractivity contribution in [2.24, 2.45) is 5.92 Å². The van der Waals surface area contributed by atoms with Gasteiger partial charge in [0.05, 0.1) is 0 Å². The van der Waals surface area contributed by atoms with E-state index in [0.29, 0.717) is 23.4 Å². The van der Waals surface area contributed by atoms with E-state index in [1.807, 2.05) is 12.1 Å². The highest BCUT2D eigenvalue weighted by atomic mass is 16.3. The molecule has 1 aliphatic carbocycles. The number of aromatic nitrogens is 3. The fourth-order valence-corrected chi connectivity index (χ4v) is 8.36. The van der Waals surface area contributed by atoms with Gasteiger partial charge in [-0.3, -0.25) is 0 Å². The molecule has 0 bridgehead atoms. The molecule has 10 aromatic rings. The Morgan fingerprint density at radius 3 is 1.86 bits per heavy atom. The molecule has 0 radical (unpaired) electrons. The molecule has 58 heavy (non-hydrogen) atoms. The number of benzene rings is 8. The lowest BCUT2D eigenvalue weighted by atomic mass is 9.91. The first-order chi connectivity index (χ1) is 28.6. The minimum Gasteiger partial charge on any atom is -0.456 e. The minimum atomic E-state index is 0.454. The van der Waals surface area contributed by atoms with E-state index >= 15 is 0 Å². The second-order valence-corrected chi connectivity index (χ2v) is 15.3. The third-order valence-electron chi connectivity index (χ3n) is 11.4. The third kappa shape index (κ3) is 6.07. The van der Waals surface area contributed by atoms with Gasteiger partial charge in [0.2, 0.25) is 0 Å². The van der Waals surface area contributed by atoms with Crippen LogP contribution in [-0.4, -0.2) is 15.0 Å². The van der Waals surface area contributed by atoms with Crippen LogP contribution in [0.1, 0.15) is 19.2 Å². The number of rotatable bonds is 6. The van der Waals surface area contributed by atoms with E-state index in [-0.39, 0.29) is 0 Å².